The molecule has 2 aliphatic rings. The van der Waals surface area contributed by atoms with Crippen molar-refractivity contribution in [3.05, 3.63) is 0 Å². The van der Waals surface area contributed by atoms with Gasteiger partial charge in [-0.15, -0.1) is 0 Å². The average Bonchev–Trinajstić information content (AvgIpc) is 2.45. The summed E-state index contributed by atoms with van der Waals surface area (Å²) < 4.78 is 5.37. The van der Waals surface area contributed by atoms with Crippen molar-refractivity contribution in [1.82, 2.24) is 4.90 Å². The van der Waals surface area contributed by atoms with Crippen LogP contribution >= 0.6 is 0 Å². The Bertz CT molecular complexity index is 265. The maximum absolute atomic E-state index is 12.2. The van der Waals surface area contributed by atoms with Crippen molar-refractivity contribution in [2.75, 3.05) is 26.3 Å². The van der Waals surface area contributed by atoms with Gasteiger partial charge in [-0.3, -0.25) is 4.79 Å². The molecule has 1 heterocycles. The van der Waals surface area contributed by atoms with Crippen molar-refractivity contribution < 1.29 is 9.53 Å². The summed E-state index contributed by atoms with van der Waals surface area (Å²) in [6.45, 7) is 2.48. The van der Waals surface area contributed by atoms with Crippen molar-refractivity contribution >= 4 is 5.91 Å². The van der Waals surface area contributed by atoms with E-state index in [1.54, 1.807) is 0 Å². The van der Waals surface area contributed by atoms with Crippen molar-refractivity contribution in [2.24, 2.45) is 11.7 Å². The fraction of sp³-hybridized carbons (Fsp3) is 0.929. The summed E-state index contributed by atoms with van der Waals surface area (Å²) in [4.78, 5) is 14.2. The van der Waals surface area contributed by atoms with Crippen molar-refractivity contribution in [2.45, 2.75) is 51.0 Å². The normalized spacial score (nSPS) is 26.3. The molecule has 1 aliphatic heterocycles. The highest BCUT2D eigenvalue weighted by atomic mass is 16.5. The van der Waals surface area contributed by atoms with Gasteiger partial charge in [0, 0.05) is 19.5 Å². The molecule has 0 bridgehead atoms. The molecule has 2 fully saturated rings. The predicted molar refractivity (Wildman–Crippen MR) is 71.2 cm³/mol. The summed E-state index contributed by atoms with van der Waals surface area (Å²) in [5.41, 5.74) is 5.70. The maximum Gasteiger partial charge on any atom is 0.223 e. The van der Waals surface area contributed by atoms with E-state index < -0.39 is 0 Å². The van der Waals surface area contributed by atoms with Gasteiger partial charge in [0.25, 0.3) is 0 Å². The van der Waals surface area contributed by atoms with Crippen LogP contribution in [0.2, 0.25) is 0 Å². The number of ether oxygens (including phenoxy) is 1. The van der Waals surface area contributed by atoms with Crippen LogP contribution < -0.4 is 5.73 Å². The zero-order chi connectivity index (χ0) is 12.8. The Morgan fingerprint density at radius 2 is 2.06 bits per heavy atom. The van der Waals surface area contributed by atoms with Gasteiger partial charge in [-0.1, -0.05) is 32.1 Å². The van der Waals surface area contributed by atoms with Crippen LogP contribution in [0.5, 0.6) is 0 Å². The number of amides is 1. The van der Waals surface area contributed by atoms with Gasteiger partial charge in [0.1, 0.15) is 0 Å². The Morgan fingerprint density at radius 3 is 2.78 bits per heavy atom. The molecule has 4 heteroatoms. The van der Waals surface area contributed by atoms with Crippen LogP contribution in [0.1, 0.15) is 44.9 Å². The zero-order valence-corrected chi connectivity index (χ0v) is 11.3. The maximum atomic E-state index is 12.2. The highest BCUT2D eigenvalue weighted by Gasteiger charge is 2.26. The summed E-state index contributed by atoms with van der Waals surface area (Å²) in [6, 6.07) is 0.0950. The number of carbonyl (C=O) groups excluding carboxylic acids is 1. The van der Waals surface area contributed by atoms with Crippen LogP contribution in [-0.2, 0) is 9.53 Å². The summed E-state index contributed by atoms with van der Waals surface area (Å²) in [5.74, 6) is 1.05. The fourth-order valence-electron chi connectivity index (χ4n) is 3.13. The quantitative estimate of drug-likeness (QED) is 0.828. The predicted octanol–water partition coefficient (Wildman–Crippen LogP) is 1.53. The fourth-order valence-corrected chi connectivity index (χ4v) is 3.13. The molecular formula is C14H26N2O2. The molecule has 0 aromatic heterocycles. The van der Waals surface area contributed by atoms with Crippen LogP contribution in [0.3, 0.4) is 0 Å². The minimum Gasteiger partial charge on any atom is -0.377 e. The van der Waals surface area contributed by atoms with Crippen molar-refractivity contribution in [1.29, 1.82) is 0 Å². The molecule has 1 saturated carbocycles. The molecule has 2 N–H and O–H groups in total. The largest absolute Gasteiger partial charge is 0.377 e. The van der Waals surface area contributed by atoms with Gasteiger partial charge in [0.2, 0.25) is 5.91 Å². The highest BCUT2D eigenvalue weighted by Crippen LogP contribution is 2.27. The van der Waals surface area contributed by atoms with E-state index in [0.717, 1.165) is 12.3 Å². The molecular weight excluding hydrogens is 228 g/mol. The molecule has 1 amide bonds. The standard InChI is InChI=1S/C14H26N2O2/c15-10-13-11-18-9-8-16(13)14(17)7-6-12-4-2-1-3-5-12/h12-13H,1-11,15H2. The van der Waals surface area contributed by atoms with E-state index >= 15 is 0 Å². The summed E-state index contributed by atoms with van der Waals surface area (Å²) >= 11 is 0. The second kappa shape index (κ2) is 7.10. The molecule has 1 atom stereocenters. The van der Waals surface area contributed by atoms with Gasteiger partial charge >= 0.3 is 0 Å². The number of hydrogen-bond acceptors (Lipinski definition) is 3. The first-order chi connectivity index (χ1) is 8.81. The topological polar surface area (TPSA) is 55.6 Å². The molecule has 0 radical (unpaired) electrons. The third-order valence-corrected chi connectivity index (χ3v) is 4.31. The number of hydrogen-bond donors (Lipinski definition) is 1. The van der Waals surface area contributed by atoms with Crippen LogP contribution in [0.25, 0.3) is 0 Å². The molecule has 1 unspecified atom stereocenters. The van der Waals surface area contributed by atoms with E-state index in [0.29, 0.717) is 32.7 Å². The van der Waals surface area contributed by atoms with Crippen molar-refractivity contribution in [3.8, 4) is 0 Å². The number of nitrogens with two attached hydrogens (primary N) is 1. The SMILES string of the molecule is NCC1COCCN1C(=O)CCC1CCCCC1. The third kappa shape index (κ3) is 3.69. The minimum atomic E-state index is 0.0950. The molecule has 0 aromatic rings. The lowest BCUT2D eigenvalue weighted by Crippen LogP contribution is -2.52. The van der Waals surface area contributed by atoms with Crippen LogP contribution in [0.4, 0.5) is 0 Å². The molecule has 104 valence electrons. The van der Waals surface area contributed by atoms with E-state index in [2.05, 4.69) is 0 Å². The molecule has 18 heavy (non-hydrogen) atoms. The molecule has 1 aliphatic carbocycles. The Balaban J connectivity index is 1.75. The van der Waals surface area contributed by atoms with E-state index in [4.69, 9.17) is 10.5 Å². The zero-order valence-electron chi connectivity index (χ0n) is 11.3. The second-order valence-corrected chi connectivity index (χ2v) is 5.59. The minimum absolute atomic E-state index is 0.0950. The Hall–Kier alpha value is -0.610. The second-order valence-electron chi connectivity index (χ2n) is 5.59. The van der Waals surface area contributed by atoms with Crippen LogP contribution in [-0.4, -0.2) is 43.2 Å². The summed E-state index contributed by atoms with van der Waals surface area (Å²) in [7, 11) is 0. The van der Waals surface area contributed by atoms with E-state index in [1.807, 2.05) is 4.90 Å². The molecule has 2 rings (SSSR count). The average molecular weight is 254 g/mol. The number of morpholine rings is 1. The lowest BCUT2D eigenvalue weighted by Gasteiger charge is -2.35. The first-order valence-electron chi connectivity index (χ1n) is 7.38. The van der Waals surface area contributed by atoms with E-state index in [1.165, 1.54) is 32.1 Å². The first-order valence-corrected chi connectivity index (χ1v) is 7.38. The Morgan fingerprint density at radius 1 is 1.28 bits per heavy atom. The van der Waals surface area contributed by atoms with Gasteiger partial charge in [0.05, 0.1) is 19.3 Å². The van der Waals surface area contributed by atoms with Gasteiger partial charge < -0.3 is 15.4 Å². The third-order valence-electron chi connectivity index (χ3n) is 4.31. The van der Waals surface area contributed by atoms with E-state index in [-0.39, 0.29) is 11.9 Å². The molecule has 4 nitrogen and oxygen atoms in total. The van der Waals surface area contributed by atoms with Gasteiger partial charge in [0.15, 0.2) is 0 Å². The summed E-state index contributed by atoms with van der Waals surface area (Å²) in [5, 5.41) is 0. The Labute approximate surface area is 110 Å². The van der Waals surface area contributed by atoms with Gasteiger partial charge in [-0.05, 0) is 12.3 Å². The van der Waals surface area contributed by atoms with Crippen molar-refractivity contribution in [3.63, 3.8) is 0 Å². The Kier molecular flexibility index (Phi) is 5.45. The smallest absolute Gasteiger partial charge is 0.223 e. The number of nitrogens with zero attached hydrogens (tertiary/aromatic N) is 1. The lowest BCUT2D eigenvalue weighted by atomic mass is 9.86. The number of rotatable bonds is 4. The van der Waals surface area contributed by atoms with Crippen LogP contribution in [0.15, 0.2) is 0 Å². The number of carbonyl (C=O) groups is 1. The van der Waals surface area contributed by atoms with Crippen LogP contribution in [0, 0.1) is 5.92 Å². The summed E-state index contributed by atoms with van der Waals surface area (Å²) in [6.07, 6.45) is 8.47. The molecule has 0 aromatic carbocycles. The monoisotopic (exact) mass is 254 g/mol. The highest BCUT2D eigenvalue weighted by molar-refractivity contribution is 5.76. The van der Waals surface area contributed by atoms with Gasteiger partial charge in [-0.2, -0.15) is 0 Å². The van der Waals surface area contributed by atoms with E-state index in [9.17, 15) is 4.79 Å². The lowest BCUT2D eigenvalue weighted by molar-refractivity contribution is -0.139. The van der Waals surface area contributed by atoms with Gasteiger partial charge in [-0.25, -0.2) is 0 Å². The molecule has 1 saturated heterocycles. The first kappa shape index (κ1) is 13.8. The molecule has 0 spiro atoms.